The van der Waals surface area contributed by atoms with E-state index in [1.54, 1.807) is 98.3 Å². The van der Waals surface area contributed by atoms with E-state index in [1.165, 1.54) is 16.2 Å². The van der Waals surface area contributed by atoms with Crippen LogP contribution in [-0.2, 0) is 67.2 Å². The lowest BCUT2D eigenvalue weighted by molar-refractivity contribution is -0.148. The van der Waals surface area contributed by atoms with Gasteiger partial charge in [0.05, 0.1) is 48.7 Å². The van der Waals surface area contributed by atoms with Crippen LogP contribution >= 0.6 is 11.3 Å². The molecule has 2 heterocycles. The normalized spacial score (nSPS) is 16.2. The van der Waals surface area contributed by atoms with Crippen LogP contribution in [-0.4, -0.2) is 182 Å². The van der Waals surface area contributed by atoms with Crippen molar-refractivity contribution in [3.8, 4) is 0 Å². The van der Waals surface area contributed by atoms with Gasteiger partial charge in [0.15, 0.2) is 0 Å². The molecule has 0 spiro atoms. The largest absolute Gasteiger partial charge is 0.444 e. The summed E-state index contributed by atoms with van der Waals surface area (Å²) in [5.41, 5.74) is 8.06. The molecule has 26 heteroatoms. The Labute approximate surface area is 595 Å². The number of benzene rings is 3. The fraction of sp³-hybridized carbons (Fsp3) is 0.595. The van der Waals surface area contributed by atoms with Crippen molar-refractivity contribution < 1.29 is 62.1 Å². The van der Waals surface area contributed by atoms with Crippen molar-refractivity contribution in [2.75, 3.05) is 65.2 Å². The standard InChI is InChI=1S/C74H112N12O13S/c1-18-48(8)63(58(96-16)43-59(87)86-39-23-27-57(86)64(97-17)49(9)65(88)80-56(69-76-38-41-100-69)42-51-24-20-19-21-25-51)85(15)70(92)61(46(4)5)81-68(91)62(47(6)7)83(13)40-36-50-30-34-54(35-31-50)84(14)73(95)98-44-52-28-32-53(33-29-52)78-66(89)55(26-22-37-77-71(75)93)79-67(90)60(45(2)3)82-72(94)99-74(10,11)12/h19-21,24-25,28-35,38,41,45-49,55-58,60-64H,18,22-23,26-27,36-37,39-40,42-44H2,1-17H3,(H,78,89)(H,79,90)(H,80,88)(H,81,91)(H,82,94)(H3,75,77,93). The van der Waals surface area contributed by atoms with E-state index in [4.69, 9.17) is 24.7 Å². The average molecular weight is 1410 g/mol. The summed E-state index contributed by atoms with van der Waals surface area (Å²) in [5.74, 6) is -3.59. The summed E-state index contributed by atoms with van der Waals surface area (Å²) in [7, 11) is 8.35. The number of urea groups is 1. The van der Waals surface area contributed by atoms with Gasteiger partial charge in [0, 0.05) is 70.9 Å². The van der Waals surface area contributed by atoms with Gasteiger partial charge >= 0.3 is 18.2 Å². The highest BCUT2D eigenvalue weighted by Crippen LogP contribution is 2.31. The van der Waals surface area contributed by atoms with E-state index in [-0.39, 0.29) is 85.4 Å². The predicted octanol–water partition coefficient (Wildman–Crippen LogP) is 9.00. The van der Waals surface area contributed by atoms with Gasteiger partial charge in [0.1, 0.15) is 35.3 Å². The zero-order chi connectivity index (χ0) is 74.1. The molecule has 0 aliphatic carbocycles. The smallest absolute Gasteiger partial charge is 0.414 e. The number of nitrogens with zero attached hydrogens (tertiary/aromatic N) is 5. The first kappa shape index (κ1) is 82.5. The highest BCUT2D eigenvalue weighted by Gasteiger charge is 2.44. The molecule has 8 N–H and O–H groups in total. The second-order valence-electron chi connectivity index (χ2n) is 28.2. The van der Waals surface area contributed by atoms with Crippen molar-refractivity contribution in [3.05, 3.63) is 112 Å². The SMILES string of the molecule is CCC(C)C(C(CC(=O)N1CCCC1C(OC)C(C)C(=O)NC(Cc1ccccc1)c1nccs1)OC)N(C)C(=O)C(NC(=O)C(C(C)C)N(C)CCc1ccc(N(C)C(=O)OCc2ccc(NC(=O)C(CCCNC(N)=O)NC(=O)C(NC(=O)OC(C)(C)C)C(C)C)cc2)cc1)C(C)C. The Morgan fingerprint density at radius 1 is 0.740 bits per heavy atom. The molecular formula is C74H112N12O13S. The molecule has 10 amide bonds. The summed E-state index contributed by atoms with van der Waals surface area (Å²) in [4.78, 5) is 134. The molecule has 25 nitrogen and oxygen atoms in total. The molecule has 1 aliphatic rings. The van der Waals surface area contributed by atoms with Crippen LogP contribution in [0.25, 0.3) is 0 Å². The van der Waals surface area contributed by atoms with Gasteiger partial charge in [0.25, 0.3) is 0 Å². The molecule has 0 saturated carbocycles. The van der Waals surface area contributed by atoms with Gasteiger partial charge in [-0.1, -0.05) is 123 Å². The number of hydrogen-bond donors (Lipinski definition) is 7. The van der Waals surface area contributed by atoms with E-state index >= 15 is 0 Å². The highest BCUT2D eigenvalue weighted by atomic mass is 32.1. The summed E-state index contributed by atoms with van der Waals surface area (Å²) in [5, 5.41) is 19.7. The van der Waals surface area contributed by atoms with Crippen LogP contribution in [0.5, 0.6) is 0 Å². The van der Waals surface area contributed by atoms with Crippen LogP contribution in [0.2, 0.25) is 0 Å². The zero-order valence-corrected chi connectivity index (χ0v) is 62.6. The van der Waals surface area contributed by atoms with Gasteiger partial charge in [-0.05, 0) is 131 Å². The number of thiazole rings is 1. The summed E-state index contributed by atoms with van der Waals surface area (Å²) >= 11 is 1.48. The molecule has 1 saturated heterocycles. The Kier molecular flexibility index (Phi) is 32.7. The Balaban J connectivity index is 1.15. The molecule has 1 aromatic heterocycles. The fourth-order valence-electron chi connectivity index (χ4n) is 12.7. The number of carbonyl (C=O) groups excluding carboxylic acids is 9. The number of likely N-dealkylation sites (N-methyl/N-ethyl adjacent to an activating group) is 2. The molecule has 0 bridgehead atoms. The maximum atomic E-state index is 14.9. The van der Waals surface area contributed by atoms with E-state index in [0.29, 0.717) is 62.1 Å². The van der Waals surface area contributed by atoms with Gasteiger partial charge in [-0.2, -0.15) is 0 Å². The molecule has 11 unspecified atom stereocenters. The Hall–Kier alpha value is -8.20. The second kappa shape index (κ2) is 39.7. The number of hydrogen-bond acceptors (Lipinski definition) is 16. The lowest BCUT2D eigenvalue weighted by Gasteiger charge is -2.41. The summed E-state index contributed by atoms with van der Waals surface area (Å²) in [6, 6.07) is 18.5. The molecular weight excluding hydrogens is 1300 g/mol. The monoisotopic (exact) mass is 1410 g/mol. The Morgan fingerprint density at radius 3 is 1.96 bits per heavy atom. The van der Waals surface area contributed by atoms with Crippen LogP contribution in [0, 0.1) is 29.6 Å². The van der Waals surface area contributed by atoms with Crippen LogP contribution < -0.4 is 42.5 Å². The number of likely N-dealkylation sites (tertiary alicyclic amines) is 1. The predicted molar refractivity (Wildman–Crippen MR) is 388 cm³/mol. The number of rotatable bonds is 37. The zero-order valence-electron chi connectivity index (χ0n) is 61.8. The highest BCUT2D eigenvalue weighted by molar-refractivity contribution is 7.09. The summed E-state index contributed by atoms with van der Waals surface area (Å²) < 4.78 is 23.3. The van der Waals surface area contributed by atoms with Crippen LogP contribution in [0.1, 0.15) is 149 Å². The number of alkyl carbamates (subject to hydrolysis) is 1. The number of methoxy groups -OCH3 is 2. The van der Waals surface area contributed by atoms with Gasteiger partial charge in [-0.3, -0.25) is 38.6 Å². The third kappa shape index (κ3) is 24.9. The summed E-state index contributed by atoms with van der Waals surface area (Å²) in [6.07, 6.45) is 2.63. The van der Waals surface area contributed by atoms with Crippen LogP contribution in [0.4, 0.5) is 25.8 Å². The molecule has 1 aliphatic heterocycles. The van der Waals surface area contributed by atoms with Crippen LogP contribution in [0.3, 0.4) is 0 Å². The van der Waals surface area contributed by atoms with E-state index < -0.39 is 84.0 Å². The van der Waals surface area contributed by atoms with Crippen molar-refractivity contribution in [1.29, 1.82) is 0 Å². The number of ether oxygens (including phenoxy) is 4. The van der Waals surface area contributed by atoms with Crippen molar-refractivity contribution in [3.63, 3.8) is 0 Å². The minimum absolute atomic E-state index is 0.0211. The van der Waals surface area contributed by atoms with E-state index in [9.17, 15) is 43.2 Å². The maximum Gasteiger partial charge on any atom is 0.414 e. The quantitative estimate of drug-likeness (QED) is 0.0207. The number of anilines is 2. The lowest BCUT2D eigenvalue weighted by Crippen LogP contribution is -2.60. The minimum atomic E-state index is -1.06. The average Bonchev–Trinajstić information content (AvgIpc) is 1.43. The third-order valence-electron chi connectivity index (χ3n) is 18.4. The number of amides is 10. The van der Waals surface area contributed by atoms with Crippen molar-refractivity contribution >= 4 is 76.4 Å². The topological polar surface area (TPSA) is 315 Å². The van der Waals surface area contributed by atoms with E-state index in [2.05, 4.69) is 36.9 Å². The van der Waals surface area contributed by atoms with E-state index in [0.717, 1.165) is 22.6 Å². The van der Waals surface area contributed by atoms with E-state index in [1.807, 2.05) is 125 Å². The van der Waals surface area contributed by atoms with Gasteiger partial charge in [0.2, 0.25) is 35.4 Å². The van der Waals surface area contributed by atoms with Crippen molar-refractivity contribution in [1.82, 2.24) is 46.3 Å². The number of nitrogens with two attached hydrogens (primary N) is 1. The number of primary amides is 1. The minimum Gasteiger partial charge on any atom is -0.444 e. The number of aromatic nitrogens is 1. The molecule has 5 rings (SSSR count). The van der Waals surface area contributed by atoms with Crippen LogP contribution in [0.15, 0.2) is 90.4 Å². The molecule has 0 radical (unpaired) electrons. The molecule has 11 atom stereocenters. The first-order valence-corrected chi connectivity index (χ1v) is 35.8. The number of carbonyl (C=O) groups is 9. The maximum absolute atomic E-state index is 14.9. The van der Waals surface area contributed by atoms with Crippen molar-refractivity contribution in [2.45, 2.75) is 201 Å². The Morgan fingerprint density at radius 2 is 1.39 bits per heavy atom. The molecule has 100 heavy (non-hydrogen) atoms. The number of nitrogens with one attached hydrogen (secondary N) is 6. The third-order valence-corrected chi connectivity index (χ3v) is 19.3. The lowest BCUT2D eigenvalue weighted by atomic mass is 9.89. The van der Waals surface area contributed by atoms with Gasteiger partial charge in [-0.25, -0.2) is 19.4 Å². The van der Waals surface area contributed by atoms with Crippen molar-refractivity contribution in [2.24, 2.45) is 35.3 Å². The van der Waals surface area contributed by atoms with Gasteiger partial charge in [-0.15, -0.1) is 11.3 Å². The summed E-state index contributed by atoms with van der Waals surface area (Å²) in [6.45, 7) is 23.3. The molecule has 552 valence electrons. The fourth-order valence-corrected chi connectivity index (χ4v) is 13.3. The first-order chi connectivity index (χ1) is 47.3. The molecule has 1 fully saturated rings. The van der Waals surface area contributed by atoms with Gasteiger partial charge < -0.3 is 66.4 Å². The molecule has 3 aromatic carbocycles. The molecule has 4 aromatic rings. The Bertz CT molecular complexity index is 3260. The second-order valence-corrected chi connectivity index (χ2v) is 29.1. The first-order valence-electron chi connectivity index (χ1n) is 34.9.